The van der Waals surface area contributed by atoms with Crippen molar-refractivity contribution >= 4 is 28.5 Å². The summed E-state index contributed by atoms with van der Waals surface area (Å²) in [5.74, 6) is 1.31. The molecular weight excluding hydrogens is 344 g/mol. The fourth-order valence-electron chi connectivity index (χ4n) is 3.09. The molecular formula is C20H20N4O3. The second-order valence-corrected chi connectivity index (χ2v) is 6.46. The summed E-state index contributed by atoms with van der Waals surface area (Å²) in [6.07, 6.45) is 1.78. The molecule has 0 fully saturated rings. The zero-order valence-corrected chi connectivity index (χ0v) is 14.7. The van der Waals surface area contributed by atoms with Gasteiger partial charge >= 0.3 is 0 Å². The summed E-state index contributed by atoms with van der Waals surface area (Å²) in [4.78, 5) is 31.1. The lowest BCUT2D eigenvalue weighted by molar-refractivity contribution is -0.123. The molecule has 0 aliphatic carbocycles. The van der Waals surface area contributed by atoms with Crippen LogP contribution >= 0.6 is 0 Å². The maximum Gasteiger partial charge on any atom is 0.257 e. The van der Waals surface area contributed by atoms with Crippen LogP contribution in [0, 0.1) is 0 Å². The molecule has 0 atom stereocenters. The monoisotopic (exact) mass is 364 g/mol. The molecule has 0 spiro atoms. The largest absolute Gasteiger partial charge is 0.484 e. The van der Waals surface area contributed by atoms with Crippen molar-refractivity contribution in [2.24, 2.45) is 0 Å². The molecule has 7 heteroatoms. The fourth-order valence-corrected chi connectivity index (χ4v) is 3.09. The molecule has 1 aromatic heterocycles. The van der Waals surface area contributed by atoms with Crippen LogP contribution in [0.2, 0.25) is 0 Å². The molecule has 0 saturated carbocycles. The van der Waals surface area contributed by atoms with Gasteiger partial charge in [-0.3, -0.25) is 9.59 Å². The van der Waals surface area contributed by atoms with E-state index in [1.54, 1.807) is 12.1 Å². The van der Waals surface area contributed by atoms with Crippen LogP contribution in [0.3, 0.4) is 0 Å². The number of aromatic nitrogens is 2. The second kappa shape index (κ2) is 7.49. The predicted molar refractivity (Wildman–Crippen MR) is 102 cm³/mol. The Kier molecular flexibility index (Phi) is 4.74. The molecule has 2 aromatic carbocycles. The van der Waals surface area contributed by atoms with Crippen LogP contribution in [0.1, 0.15) is 17.8 Å². The third-order valence-corrected chi connectivity index (χ3v) is 4.46. The lowest BCUT2D eigenvalue weighted by Gasteiger charge is -2.17. The minimum Gasteiger partial charge on any atom is -0.484 e. The Morgan fingerprint density at radius 3 is 2.96 bits per heavy atom. The minimum atomic E-state index is -0.183. The van der Waals surface area contributed by atoms with Crippen molar-refractivity contribution in [3.63, 3.8) is 0 Å². The smallest absolute Gasteiger partial charge is 0.257 e. The number of anilines is 1. The first-order valence-corrected chi connectivity index (χ1v) is 8.93. The van der Waals surface area contributed by atoms with Gasteiger partial charge in [-0.1, -0.05) is 12.1 Å². The van der Waals surface area contributed by atoms with Gasteiger partial charge in [0.25, 0.3) is 5.91 Å². The van der Waals surface area contributed by atoms with Crippen molar-refractivity contribution in [3.8, 4) is 5.75 Å². The molecule has 2 amide bonds. The number of nitrogens with one attached hydrogen (secondary N) is 3. The van der Waals surface area contributed by atoms with Crippen LogP contribution in [0.5, 0.6) is 5.75 Å². The lowest BCUT2D eigenvalue weighted by atomic mass is 10.0. The molecule has 7 nitrogen and oxygen atoms in total. The average molecular weight is 364 g/mol. The SMILES string of the molecule is O=C(COc1ccc2c(c1)CCC(=O)N2)NCCc1nc2ccccc2[nH]1. The van der Waals surface area contributed by atoms with Crippen LogP contribution in [0.25, 0.3) is 11.0 Å². The first-order valence-electron chi connectivity index (χ1n) is 8.93. The van der Waals surface area contributed by atoms with Gasteiger partial charge in [0, 0.05) is 25.1 Å². The summed E-state index contributed by atoms with van der Waals surface area (Å²) in [7, 11) is 0. The molecule has 27 heavy (non-hydrogen) atoms. The van der Waals surface area contributed by atoms with Crippen molar-refractivity contribution in [2.45, 2.75) is 19.3 Å². The van der Waals surface area contributed by atoms with E-state index in [-0.39, 0.29) is 18.4 Å². The van der Waals surface area contributed by atoms with Crippen molar-refractivity contribution in [3.05, 3.63) is 53.9 Å². The van der Waals surface area contributed by atoms with Crippen LogP contribution < -0.4 is 15.4 Å². The third-order valence-electron chi connectivity index (χ3n) is 4.46. The Balaban J connectivity index is 1.24. The van der Waals surface area contributed by atoms with E-state index in [2.05, 4.69) is 20.6 Å². The number of rotatable bonds is 6. The van der Waals surface area contributed by atoms with Gasteiger partial charge in [0.2, 0.25) is 5.91 Å². The minimum absolute atomic E-state index is 0.0278. The molecule has 2 heterocycles. The Bertz CT molecular complexity index is 963. The highest BCUT2D eigenvalue weighted by atomic mass is 16.5. The Morgan fingerprint density at radius 2 is 2.07 bits per heavy atom. The van der Waals surface area contributed by atoms with E-state index in [1.165, 1.54) is 0 Å². The average Bonchev–Trinajstić information content (AvgIpc) is 3.09. The molecule has 0 radical (unpaired) electrons. The number of aryl methyl sites for hydroxylation is 1. The number of fused-ring (bicyclic) bond motifs is 2. The van der Waals surface area contributed by atoms with Crippen LogP contribution in [0.15, 0.2) is 42.5 Å². The number of carbonyl (C=O) groups excluding carboxylic acids is 2. The van der Waals surface area contributed by atoms with E-state index in [1.807, 2.05) is 30.3 Å². The number of imidazole rings is 1. The number of hydrogen-bond acceptors (Lipinski definition) is 4. The number of hydrogen-bond donors (Lipinski definition) is 3. The molecule has 138 valence electrons. The summed E-state index contributed by atoms with van der Waals surface area (Å²) >= 11 is 0. The normalized spacial score (nSPS) is 13.1. The summed E-state index contributed by atoms with van der Waals surface area (Å²) in [6.45, 7) is 0.434. The molecule has 1 aliphatic rings. The highest BCUT2D eigenvalue weighted by molar-refractivity contribution is 5.94. The number of nitrogens with zero attached hydrogens (tertiary/aromatic N) is 1. The summed E-state index contributed by atoms with van der Waals surface area (Å²) < 4.78 is 5.56. The van der Waals surface area contributed by atoms with Gasteiger partial charge in [-0.25, -0.2) is 4.98 Å². The quantitative estimate of drug-likeness (QED) is 0.625. The Hall–Kier alpha value is -3.35. The summed E-state index contributed by atoms with van der Waals surface area (Å²) in [5, 5.41) is 5.66. The zero-order chi connectivity index (χ0) is 18.6. The maximum absolute atomic E-state index is 12.0. The highest BCUT2D eigenvalue weighted by Crippen LogP contribution is 2.26. The molecule has 4 rings (SSSR count). The topological polar surface area (TPSA) is 96.1 Å². The van der Waals surface area contributed by atoms with Crippen molar-refractivity contribution in [1.82, 2.24) is 15.3 Å². The van der Waals surface area contributed by atoms with E-state index in [0.717, 1.165) is 28.1 Å². The van der Waals surface area contributed by atoms with Gasteiger partial charge in [0.05, 0.1) is 11.0 Å². The first-order chi connectivity index (χ1) is 13.2. The number of H-pyrrole nitrogens is 1. The van der Waals surface area contributed by atoms with Gasteiger partial charge in [0.15, 0.2) is 6.61 Å². The van der Waals surface area contributed by atoms with Crippen molar-refractivity contribution < 1.29 is 14.3 Å². The molecule has 3 N–H and O–H groups in total. The van der Waals surface area contributed by atoms with E-state index in [4.69, 9.17) is 4.74 Å². The van der Waals surface area contributed by atoms with E-state index < -0.39 is 0 Å². The standard InChI is InChI=1S/C20H20N4O3/c25-19-8-5-13-11-14(6-7-15(13)24-19)27-12-20(26)21-10-9-18-22-16-3-1-2-4-17(16)23-18/h1-4,6-7,11H,5,8-10,12H2,(H,21,26)(H,22,23)(H,24,25). The molecule has 0 unspecified atom stereocenters. The Morgan fingerprint density at radius 1 is 1.19 bits per heavy atom. The Labute approximate surface area is 156 Å². The molecule has 0 saturated heterocycles. The van der Waals surface area contributed by atoms with E-state index >= 15 is 0 Å². The zero-order valence-electron chi connectivity index (χ0n) is 14.7. The van der Waals surface area contributed by atoms with Crippen LogP contribution in [0.4, 0.5) is 5.69 Å². The van der Waals surface area contributed by atoms with Crippen LogP contribution in [-0.4, -0.2) is 34.9 Å². The fraction of sp³-hybridized carbons (Fsp3) is 0.250. The predicted octanol–water partition coefficient (Wildman–Crippen LogP) is 2.19. The van der Waals surface area contributed by atoms with Gasteiger partial charge < -0.3 is 20.4 Å². The van der Waals surface area contributed by atoms with Crippen LogP contribution in [-0.2, 0) is 22.4 Å². The number of para-hydroxylation sites is 2. The first kappa shape index (κ1) is 17.1. The van der Waals surface area contributed by atoms with E-state index in [9.17, 15) is 9.59 Å². The number of amides is 2. The van der Waals surface area contributed by atoms with Gasteiger partial charge in [-0.2, -0.15) is 0 Å². The second-order valence-electron chi connectivity index (χ2n) is 6.46. The van der Waals surface area contributed by atoms with Crippen molar-refractivity contribution in [2.75, 3.05) is 18.5 Å². The molecule has 3 aromatic rings. The number of carbonyl (C=O) groups is 2. The number of aromatic amines is 1. The highest BCUT2D eigenvalue weighted by Gasteiger charge is 2.15. The van der Waals surface area contributed by atoms with Gasteiger partial charge in [-0.05, 0) is 42.3 Å². The van der Waals surface area contributed by atoms with Gasteiger partial charge in [-0.15, -0.1) is 0 Å². The lowest BCUT2D eigenvalue weighted by Crippen LogP contribution is -2.30. The number of benzene rings is 2. The third kappa shape index (κ3) is 4.08. The molecule has 1 aliphatic heterocycles. The summed E-state index contributed by atoms with van der Waals surface area (Å²) in [5.41, 5.74) is 3.75. The van der Waals surface area contributed by atoms with Crippen molar-refractivity contribution in [1.29, 1.82) is 0 Å². The van der Waals surface area contributed by atoms with Gasteiger partial charge in [0.1, 0.15) is 11.6 Å². The maximum atomic E-state index is 12.0. The van der Waals surface area contributed by atoms with E-state index in [0.29, 0.717) is 31.6 Å². The molecule has 0 bridgehead atoms. The summed E-state index contributed by atoms with van der Waals surface area (Å²) in [6, 6.07) is 13.3. The number of ether oxygens (including phenoxy) is 1.